The summed E-state index contributed by atoms with van der Waals surface area (Å²) >= 11 is 0. The lowest BCUT2D eigenvalue weighted by molar-refractivity contribution is -0.00974. The third-order valence-corrected chi connectivity index (χ3v) is 6.85. The first-order valence-corrected chi connectivity index (χ1v) is 11.5. The average molecular weight is 471 g/mol. The number of nitrogens with one attached hydrogen (secondary N) is 2. The van der Waals surface area contributed by atoms with E-state index in [-0.39, 0.29) is 11.7 Å². The van der Waals surface area contributed by atoms with E-state index < -0.39 is 11.4 Å². The molecule has 5 heterocycles. The molecule has 1 atom stereocenters. The predicted octanol–water partition coefficient (Wildman–Crippen LogP) is 4.24. The second-order valence-corrected chi connectivity index (χ2v) is 9.34. The number of aromatic nitrogens is 5. The molecular weight excluding hydrogens is 447 g/mol. The number of aliphatic hydroxyl groups is 1. The molecule has 2 aliphatic rings. The van der Waals surface area contributed by atoms with Gasteiger partial charge in [-0.2, -0.15) is 0 Å². The number of hydrogen-bond donors (Lipinski definition) is 3. The molecule has 9 nitrogen and oxygen atoms in total. The van der Waals surface area contributed by atoms with Crippen LogP contribution >= 0.6 is 0 Å². The lowest BCUT2D eigenvalue weighted by Crippen LogP contribution is -2.63. The van der Waals surface area contributed by atoms with E-state index in [4.69, 9.17) is 6.57 Å². The van der Waals surface area contributed by atoms with Crippen LogP contribution in [0.25, 0.3) is 27.1 Å². The van der Waals surface area contributed by atoms with Gasteiger partial charge in [-0.05, 0) is 43.4 Å². The van der Waals surface area contributed by atoms with Crippen LogP contribution in [0.5, 0.6) is 0 Å². The summed E-state index contributed by atoms with van der Waals surface area (Å²) in [5.74, 6) is 1.18. The first-order chi connectivity index (χ1) is 16.9. The third kappa shape index (κ3) is 3.84. The molecule has 6 rings (SSSR count). The monoisotopic (exact) mass is 470 g/mol. The number of β-amino-alcohol motifs (C(OH)–C–C–N with tert-alkyl or cyclic N) is 1. The van der Waals surface area contributed by atoms with Crippen LogP contribution in [0.2, 0.25) is 0 Å². The van der Waals surface area contributed by atoms with E-state index >= 15 is 0 Å². The van der Waals surface area contributed by atoms with Gasteiger partial charge in [0.2, 0.25) is 11.6 Å². The zero-order valence-electron chi connectivity index (χ0n) is 19.0. The smallest absolute Gasteiger partial charge is 0.231 e. The first-order valence-electron chi connectivity index (χ1n) is 11.5. The van der Waals surface area contributed by atoms with Crippen LogP contribution < -0.4 is 10.2 Å². The van der Waals surface area contributed by atoms with Crippen molar-refractivity contribution in [3.63, 3.8) is 0 Å². The van der Waals surface area contributed by atoms with Gasteiger partial charge in [-0.25, -0.2) is 29.2 Å². The molecule has 1 saturated carbocycles. The topological polar surface area (TPSA) is 107 Å². The molecule has 176 valence electrons. The number of H-pyrrole nitrogens is 1. The Labute approximate surface area is 200 Å². The van der Waals surface area contributed by atoms with Gasteiger partial charge in [-0.1, -0.05) is 6.07 Å². The van der Waals surface area contributed by atoms with E-state index in [0.717, 1.165) is 30.4 Å². The van der Waals surface area contributed by atoms with Gasteiger partial charge in [0.05, 0.1) is 37.6 Å². The van der Waals surface area contributed by atoms with Crippen LogP contribution in [0.15, 0.2) is 43.0 Å². The van der Waals surface area contributed by atoms with Crippen molar-refractivity contribution in [3.05, 3.63) is 65.8 Å². The van der Waals surface area contributed by atoms with Crippen molar-refractivity contribution in [3.8, 4) is 11.3 Å². The third-order valence-electron chi connectivity index (χ3n) is 6.85. The van der Waals surface area contributed by atoms with Crippen LogP contribution in [-0.4, -0.2) is 48.7 Å². The fraction of sp³-hybridized carbons (Fsp3) is 0.320. The molecule has 4 aromatic heterocycles. The quantitative estimate of drug-likeness (QED) is 0.362. The average Bonchev–Trinajstić information content (AvgIpc) is 3.62. The standard InChI is InChI=1S/C25H23FN8O/c1-14(15-3-6-21(28-8-15)34-12-25(35,13-34)16-4-5-16)32-24-31-11-20(27-2)22(33-24)19-10-30-23-18(19)7-17(26)9-29-23/h3,6-11,14,16,35H,4-5,12-13H2,1H3,(H,29,30)(H,31,32,33). The van der Waals surface area contributed by atoms with Crippen molar-refractivity contribution in [2.75, 3.05) is 23.3 Å². The van der Waals surface area contributed by atoms with Crippen LogP contribution in [0.3, 0.4) is 0 Å². The highest BCUT2D eigenvalue weighted by Gasteiger charge is 2.52. The van der Waals surface area contributed by atoms with E-state index in [1.807, 2.05) is 25.3 Å². The molecule has 0 aromatic carbocycles. The van der Waals surface area contributed by atoms with E-state index in [2.05, 4.69) is 40.0 Å². The minimum Gasteiger partial charge on any atom is -0.386 e. The highest BCUT2D eigenvalue weighted by Crippen LogP contribution is 2.45. The number of rotatable bonds is 6. The largest absolute Gasteiger partial charge is 0.386 e. The molecule has 1 unspecified atom stereocenters. The van der Waals surface area contributed by atoms with E-state index in [1.54, 1.807) is 6.20 Å². The molecule has 0 bridgehead atoms. The molecule has 0 amide bonds. The van der Waals surface area contributed by atoms with Gasteiger partial charge in [0.1, 0.15) is 22.9 Å². The summed E-state index contributed by atoms with van der Waals surface area (Å²) in [6, 6.07) is 5.18. The Hall–Kier alpha value is -4.10. The van der Waals surface area contributed by atoms with E-state index in [1.165, 1.54) is 12.3 Å². The van der Waals surface area contributed by atoms with E-state index in [9.17, 15) is 9.50 Å². The maximum atomic E-state index is 13.8. The summed E-state index contributed by atoms with van der Waals surface area (Å²) in [6.45, 7) is 10.8. The van der Waals surface area contributed by atoms with Gasteiger partial charge in [-0.3, -0.25) is 0 Å². The van der Waals surface area contributed by atoms with Crippen LogP contribution in [0.1, 0.15) is 31.4 Å². The Morgan fingerprint density at radius 1 is 1.23 bits per heavy atom. The second kappa shape index (κ2) is 7.99. The molecule has 3 N–H and O–H groups in total. The zero-order valence-corrected chi connectivity index (χ0v) is 19.0. The van der Waals surface area contributed by atoms with Crippen LogP contribution in [0, 0.1) is 18.3 Å². The molecule has 4 aromatic rings. The predicted molar refractivity (Wildman–Crippen MR) is 130 cm³/mol. The maximum Gasteiger partial charge on any atom is 0.231 e. The van der Waals surface area contributed by atoms with Gasteiger partial charge in [0, 0.05) is 29.5 Å². The Bertz CT molecular complexity index is 1450. The molecule has 35 heavy (non-hydrogen) atoms. The molecule has 1 saturated heterocycles. The fourth-order valence-corrected chi connectivity index (χ4v) is 4.67. The van der Waals surface area contributed by atoms with Crippen LogP contribution in [-0.2, 0) is 0 Å². The molecule has 1 aliphatic heterocycles. The highest BCUT2D eigenvalue weighted by molar-refractivity contribution is 5.96. The summed E-state index contributed by atoms with van der Waals surface area (Å²) in [6.07, 6.45) is 8.32. The highest BCUT2D eigenvalue weighted by atomic mass is 19.1. The van der Waals surface area contributed by atoms with Crippen molar-refractivity contribution >= 4 is 28.5 Å². The summed E-state index contributed by atoms with van der Waals surface area (Å²) in [5, 5.41) is 14.4. The molecular formula is C25H23FN8O. The van der Waals surface area contributed by atoms with Gasteiger partial charge in [0.25, 0.3) is 0 Å². The van der Waals surface area contributed by atoms with Crippen molar-refractivity contribution in [1.82, 2.24) is 24.9 Å². The lowest BCUT2D eigenvalue weighted by Gasteiger charge is -2.47. The Morgan fingerprint density at radius 2 is 2.06 bits per heavy atom. The molecule has 0 spiro atoms. The van der Waals surface area contributed by atoms with Gasteiger partial charge in [0.15, 0.2) is 0 Å². The minimum atomic E-state index is -0.547. The van der Waals surface area contributed by atoms with Gasteiger partial charge >= 0.3 is 0 Å². The van der Waals surface area contributed by atoms with E-state index in [0.29, 0.717) is 47.2 Å². The first kappa shape index (κ1) is 21.4. The normalized spacial score (nSPS) is 17.6. The number of nitrogens with zero attached hydrogens (tertiary/aromatic N) is 6. The molecule has 10 heteroatoms. The minimum absolute atomic E-state index is 0.148. The number of aromatic amines is 1. The van der Waals surface area contributed by atoms with Gasteiger partial charge in [-0.15, -0.1) is 0 Å². The number of fused-ring (bicyclic) bond motifs is 1. The summed E-state index contributed by atoms with van der Waals surface area (Å²) < 4.78 is 13.8. The van der Waals surface area contributed by atoms with Crippen molar-refractivity contribution in [1.29, 1.82) is 0 Å². The maximum absolute atomic E-state index is 13.8. The zero-order chi connectivity index (χ0) is 24.2. The number of hydrogen-bond acceptors (Lipinski definition) is 7. The van der Waals surface area contributed by atoms with Crippen molar-refractivity contribution < 1.29 is 9.50 Å². The van der Waals surface area contributed by atoms with Gasteiger partial charge < -0.3 is 20.3 Å². The summed E-state index contributed by atoms with van der Waals surface area (Å²) in [7, 11) is 0. The summed E-state index contributed by atoms with van der Waals surface area (Å²) in [4.78, 5) is 26.1. The number of anilines is 2. The molecule has 2 fully saturated rings. The Balaban J connectivity index is 1.21. The van der Waals surface area contributed by atoms with Crippen molar-refractivity contribution in [2.45, 2.75) is 31.4 Å². The number of pyridine rings is 2. The second-order valence-electron chi connectivity index (χ2n) is 9.34. The fourth-order valence-electron chi connectivity index (χ4n) is 4.67. The Morgan fingerprint density at radius 3 is 2.77 bits per heavy atom. The molecule has 1 aliphatic carbocycles. The molecule has 0 radical (unpaired) electrons. The van der Waals surface area contributed by atoms with Crippen LogP contribution in [0.4, 0.5) is 21.8 Å². The summed E-state index contributed by atoms with van der Waals surface area (Å²) in [5.41, 5.74) is 2.17. The Kier molecular flexibility index (Phi) is 4.89. The van der Waals surface area contributed by atoms with Crippen molar-refractivity contribution in [2.24, 2.45) is 5.92 Å². The lowest BCUT2D eigenvalue weighted by atomic mass is 9.89. The SMILES string of the molecule is [C-]#[N+]c1cnc(NC(C)c2ccc(N3CC(O)(C4CC4)C3)nc2)nc1-c1c[nH]c2ncc(F)cc12. The number of halogens is 1.